The van der Waals surface area contributed by atoms with E-state index < -0.39 is 5.60 Å². The number of amides is 1. The molecule has 1 aliphatic heterocycles. The van der Waals surface area contributed by atoms with Crippen LogP contribution < -0.4 is 10.2 Å². The van der Waals surface area contributed by atoms with E-state index in [1.165, 1.54) is 12.8 Å². The number of nitrogens with zero attached hydrogens (tertiary/aromatic N) is 3. The maximum atomic E-state index is 12.8. The van der Waals surface area contributed by atoms with Gasteiger partial charge in [-0.1, -0.05) is 24.3 Å². The second-order valence-corrected chi connectivity index (χ2v) is 9.72. The van der Waals surface area contributed by atoms with E-state index in [2.05, 4.69) is 22.1 Å². The molecule has 1 aromatic carbocycles. The Morgan fingerprint density at radius 2 is 1.97 bits per heavy atom. The molecule has 0 saturated carbocycles. The van der Waals surface area contributed by atoms with Crippen molar-refractivity contribution in [1.29, 1.82) is 0 Å². The Morgan fingerprint density at radius 3 is 2.63 bits per heavy atom. The van der Waals surface area contributed by atoms with Crippen molar-refractivity contribution in [2.24, 2.45) is 5.92 Å². The van der Waals surface area contributed by atoms with Crippen LogP contribution >= 0.6 is 11.3 Å². The first-order valence-corrected chi connectivity index (χ1v) is 11.2. The number of pyridine rings is 1. The van der Waals surface area contributed by atoms with E-state index in [-0.39, 0.29) is 5.91 Å². The highest BCUT2D eigenvalue weighted by molar-refractivity contribution is 7.22. The van der Waals surface area contributed by atoms with Gasteiger partial charge in [0.2, 0.25) is 0 Å². The number of anilines is 2. The maximum Gasteiger partial charge on any atom is 0.274 e. The maximum absolute atomic E-state index is 12.8. The lowest BCUT2D eigenvalue weighted by molar-refractivity contribution is 0.0794. The Hall–Kier alpha value is -2.51. The van der Waals surface area contributed by atoms with Gasteiger partial charge >= 0.3 is 0 Å². The summed E-state index contributed by atoms with van der Waals surface area (Å²) in [7, 11) is 0. The zero-order chi connectivity index (χ0) is 21.5. The first kappa shape index (κ1) is 20.8. The van der Waals surface area contributed by atoms with Gasteiger partial charge in [0.05, 0.1) is 15.8 Å². The summed E-state index contributed by atoms with van der Waals surface area (Å²) in [6, 6.07) is 9.16. The Morgan fingerprint density at radius 1 is 1.23 bits per heavy atom. The van der Waals surface area contributed by atoms with Gasteiger partial charge in [0.1, 0.15) is 5.69 Å². The fourth-order valence-electron chi connectivity index (χ4n) is 3.76. The summed E-state index contributed by atoms with van der Waals surface area (Å²) in [6.45, 7) is 9.61. The van der Waals surface area contributed by atoms with Gasteiger partial charge in [0, 0.05) is 30.0 Å². The molecule has 0 radical (unpaired) electrons. The van der Waals surface area contributed by atoms with Crippen LogP contribution in [0.25, 0.3) is 10.2 Å². The third-order valence-electron chi connectivity index (χ3n) is 5.60. The number of carbonyl (C=O) groups is 1. The second-order valence-electron chi connectivity index (χ2n) is 8.71. The van der Waals surface area contributed by atoms with E-state index in [0.29, 0.717) is 16.9 Å². The molecule has 0 atom stereocenters. The van der Waals surface area contributed by atoms with Gasteiger partial charge in [-0.3, -0.25) is 4.79 Å². The minimum absolute atomic E-state index is 0.293. The van der Waals surface area contributed by atoms with Gasteiger partial charge in [-0.05, 0) is 63.8 Å². The van der Waals surface area contributed by atoms with E-state index in [0.717, 1.165) is 40.0 Å². The molecular weight excluding hydrogens is 396 g/mol. The highest BCUT2D eigenvalue weighted by Crippen LogP contribution is 2.37. The van der Waals surface area contributed by atoms with Crippen LogP contribution in [0.2, 0.25) is 0 Å². The third kappa shape index (κ3) is 4.32. The summed E-state index contributed by atoms with van der Waals surface area (Å²) in [5, 5.41) is 14.7. The van der Waals surface area contributed by atoms with Crippen molar-refractivity contribution < 1.29 is 9.90 Å². The average Bonchev–Trinajstić information content (AvgIpc) is 3.10. The first-order valence-electron chi connectivity index (χ1n) is 10.4. The molecule has 0 spiro atoms. The molecule has 1 amide bonds. The molecular formula is C23H28N4O2S. The number of hydrogen-bond acceptors (Lipinski definition) is 6. The number of rotatable bonds is 4. The van der Waals surface area contributed by atoms with Gasteiger partial charge in [0.15, 0.2) is 5.13 Å². The van der Waals surface area contributed by atoms with Crippen molar-refractivity contribution >= 4 is 38.3 Å². The van der Waals surface area contributed by atoms with E-state index in [9.17, 15) is 9.90 Å². The number of hydrogen-bond donors (Lipinski definition) is 2. The molecule has 4 rings (SSSR count). The van der Waals surface area contributed by atoms with Crippen molar-refractivity contribution in [2.75, 3.05) is 23.3 Å². The van der Waals surface area contributed by atoms with E-state index in [1.54, 1.807) is 31.3 Å². The molecule has 0 unspecified atom stereocenters. The molecule has 1 saturated heterocycles. The van der Waals surface area contributed by atoms with Crippen LogP contribution in [0.1, 0.15) is 55.4 Å². The molecule has 3 heterocycles. The molecule has 0 bridgehead atoms. The number of aromatic nitrogens is 2. The molecule has 6 nitrogen and oxygen atoms in total. The van der Waals surface area contributed by atoms with Gasteiger partial charge in [-0.15, -0.1) is 0 Å². The number of carbonyl (C=O) groups excluding carboxylic acids is 1. The van der Waals surface area contributed by atoms with E-state index in [1.807, 2.05) is 31.2 Å². The lowest BCUT2D eigenvalue weighted by Gasteiger charge is -2.29. The normalized spacial score (nSPS) is 15.6. The minimum Gasteiger partial charge on any atom is -0.386 e. The van der Waals surface area contributed by atoms with Gasteiger partial charge in [-0.2, -0.15) is 0 Å². The first-order chi connectivity index (χ1) is 14.2. The van der Waals surface area contributed by atoms with Gasteiger partial charge in [0.25, 0.3) is 5.91 Å². The fourth-order valence-corrected chi connectivity index (χ4v) is 4.80. The molecule has 2 aromatic heterocycles. The summed E-state index contributed by atoms with van der Waals surface area (Å²) >= 11 is 1.63. The van der Waals surface area contributed by atoms with Crippen LogP contribution in [0.15, 0.2) is 30.3 Å². The van der Waals surface area contributed by atoms with E-state index >= 15 is 0 Å². The summed E-state index contributed by atoms with van der Waals surface area (Å²) in [5.41, 5.74) is 2.08. The monoisotopic (exact) mass is 424 g/mol. The number of fused-ring (bicyclic) bond motifs is 1. The average molecular weight is 425 g/mol. The van der Waals surface area contributed by atoms with Crippen LogP contribution in [0.3, 0.4) is 0 Å². The Labute approximate surface area is 181 Å². The lowest BCUT2D eigenvalue weighted by atomic mass is 9.96. The van der Waals surface area contributed by atoms with Crippen LogP contribution in [0.5, 0.6) is 0 Å². The fraction of sp³-hybridized carbons (Fsp3) is 0.435. The Kier molecular flexibility index (Phi) is 5.51. The Bertz CT molecular complexity index is 1080. The predicted octanol–water partition coefficient (Wildman–Crippen LogP) is 4.72. The van der Waals surface area contributed by atoms with Crippen molar-refractivity contribution in [3.63, 3.8) is 0 Å². The molecule has 2 N–H and O–H groups in total. The summed E-state index contributed by atoms with van der Waals surface area (Å²) in [5.74, 6) is 0.466. The van der Waals surface area contributed by atoms with Gasteiger partial charge < -0.3 is 15.3 Å². The van der Waals surface area contributed by atoms with Crippen LogP contribution in [-0.4, -0.2) is 34.1 Å². The van der Waals surface area contributed by atoms with E-state index in [4.69, 9.17) is 4.98 Å². The predicted molar refractivity (Wildman–Crippen MR) is 122 cm³/mol. The molecule has 1 aliphatic rings. The topological polar surface area (TPSA) is 78.4 Å². The van der Waals surface area contributed by atoms with Crippen LogP contribution in [-0.2, 0) is 5.60 Å². The highest BCUT2D eigenvalue weighted by Gasteiger charge is 2.25. The largest absolute Gasteiger partial charge is 0.386 e. The minimum atomic E-state index is -1.12. The summed E-state index contributed by atoms with van der Waals surface area (Å²) in [4.78, 5) is 24.3. The van der Waals surface area contributed by atoms with Crippen molar-refractivity contribution in [3.8, 4) is 0 Å². The number of nitrogens with one attached hydrogen (secondary N) is 1. The number of aliphatic hydroxyl groups is 1. The summed E-state index contributed by atoms with van der Waals surface area (Å²) < 4.78 is 0.990. The van der Waals surface area contributed by atoms with Crippen LogP contribution in [0, 0.1) is 12.8 Å². The summed E-state index contributed by atoms with van der Waals surface area (Å²) in [6.07, 6.45) is 2.35. The number of piperidine rings is 1. The zero-order valence-electron chi connectivity index (χ0n) is 17.9. The standard InChI is InChI=1S/C23H28N4O2S/c1-14-8-10-27(11-9-14)22-26-19-12-16(23(3,4)29)18(13-20(19)30-22)25-21(28)17-7-5-6-15(2)24-17/h5-7,12-14,29H,8-11H2,1-4H3,(H,25,28). The van der Waals surface area contributed by atoms with Gasteiger partial charge in [-0.25, -0.2) is 9.97 Å². The zero-order valence-corrected chi connectivity index (χ0v) is 18.7. The Balaban J connectivity index is 1.69. The smallest absolute Gasteiger partial charge is 0.274 e. The SMILES string of the molecule is Cc1cccc(C(=O)Nc2cc3sc(N4CCC(C)CC4)nc3cc2C(C)(C)O)n1. The number of benzene rings is 1. The second kappa shape index (κ2) is 7.96. The molecule has 3 aromatic rings. The molecule has 30 heavy (non-hydrogen) atoms. The third-order valence-corrected chi connectivity index (χ3v) is 6.68. The molecule has 0 aliphatic carbocycles. The number of aryl methyl sites for hydroxylation is 1. The quantitative estimate of drug-likeness (QED) is 0.634. The van der Waals surface area contributed by atoms with Crippen LogP contribution in [0.4, 0.5) is 10.8 Å². The van der Waals surface area contributed by atoms with Crippen molar-refractivity contribution in [1.82, 2.24) is 9.97 Å². The number of thiazole rings is 1. The molecule has 1 fully saturated rings. The molecule has 7 heteroatoms. The van der Waals surface area contributed by atoms with Crippen molar-refractivity contribution in [2.45, 2.75) is 46.1 Å². The lowest BCUT2D eigenvalue weighted by Crippen LogP contribution is -2.32. The van der Waals surface area contributed by atoms with Crippen molar-refractivity contribution in [3.05, 3.63) is 47.3 Å². The highest BCUT2D eigenvalue weighted by atomic mass is 32.1. The molecule has 158 valence electrons.